The summed E-state index contributed by atoms with van der Waals surface area (Å²) in [6.45, 7) is 4.00. The third kappa shape index (κ3) is 2.52. The van der Waals surface area contributed by atoms with Gasteiger partial charge in [0, 0.05) is 4.88 Å². The van der Waals surface area contributed by atoms with E-state index in [2.05, 4.69) is 9.73 Å². The van der Waals surface area contributed by atoms with E-state index >= 15 is 0 Å². The zero-order valence-electron chi connectivity index (χ0n) is 8.73. The first-order valence-electron chi connectivity index (χ1n) is 4.40. The van der Waals surface area contributed by atoms with Gasteiger partial charge in [-0.25, -0.2) is 9.59 Å². The van der Waals surface area contributed by atoms with E-state index in [1.54, 1.807) is 6.07 Å². The lowest BCUT2D eigenvalue weighted by molar-refractivity contribution is 0.0602. The largest absolute Gasteiger partial charge is 0.465 e. The molecule has 15 heavy (non-hydrogen) atoms. The van der Waals surface area contributed by atoms with Crippen LogP contribution in [-0.4, -0.2) is 19.2 Å². The minimum Gasteiger partial charge on any atom is -0.465 e. The first-order valence-corrected chi connectivity index (χ1v) is 5.21. The molecule has 0 unspecified atom stereocenters. The molecule has 1 aromatic rings. The molecule has 0 aliphatic carbocycles. The average Bonchev–Trinajstić information content (AvgIpc) is 2.61. The fourth-order valence-electron chi connectivity index (χ4n) is 1.07. The molecule has 0 N–H and O–H groups in total. The van der Waals surface area contributed by atoms with Crippen molar-refractivity contribution in [1.29, 1.82) is 0 Å². The first-order chi connectivity index (χ1) is 7.10. The van der Waals surface area contributed by atoms with Gasteiger partial charge in [0.05, 0.1) is 12.7 Å². The summed E-state index contributed by atoms with van der Waals surface area (Å²) in [6, 6.07) is 1.71. The smallest absolute Gasteiger partial charge is 0.340 e. The topological polar surface area (TPSA) is 55.7 Å². The molecule has 5 heteroatoms. The highest BCUT2D eigenvalue weighted by Crippen LogP contribution is 2.34. The molecule has 0 bridgehead atoms. The molecule has 0 aliphatic rings. The van der Waals surface area contributed by atoms with Crippen molar-refractivity contribution in [3.8, 4) is 0 Å². The Hall–Kier alpha value is -1.45. The molecule has 0 radical (unpaired) electrons. The van der Waals surface area contributed by atoms with E-state index in [1.807, 2.05) is 13.8 Å². The van der Waals surface area contributed by atoms with Gasteiger partial charge >= 0.3 is 5.97 Å². The maximum absolute atomic E-state index is 11.3. The van der Waals surface area contributed by atoms with Crippen LogP contribution in [0.1, 0.15) is 35.0 Å². The molecule has 1 rings (SSSR count). The van der Waals surface area contributed by atoms with Gasteiger partial charge < -0.3 is 4.74 Å². The van der Waals surface area contributed by atoms with E-state index < -0.39 is 5.97 Å². The van der Waals surface area contributed by atoms with E-state index in [0.717, 1.165) is 4.88 Å². The van der Waals surface area contributed by atoms with Gasteiger partial charge in [-0.1, -0.05) is 13.8 Å². The fourth-order valence-corrected chi connectivity index (χ4v) is 2.04. The second-order valence-corrected chi connectivity index (χ2v) is 4.28. The van der Waals surface area contributed by atoms with E-state index in [0.29, 0.717) is 10.6 Å². The average molecular weight is 225 g/mol. The lowest BCUT2D eigenvalue weighted by Gasteiger charge is -1.96. The number of rotatable bonds is 3. The number of methoxy groups -OCH3 is 1. The van der Waals surface area contributed by atoms with Crippen LogP contribution in [0, 0.1) is 0 Å². The lowest BCUT2D eigenvalue weighted by atomic mass is 10.1. The van der Waals surface area contributed by atoms with Crippen LogP contribution < -0.4 is 0 Å². The number of aliphatic imine (C=N–C) groups is 1. The predicted molar refractivity (Wildman–Crippen MR) is 57.5 cm³/mol. The van der Waals surface area contributed by atoms with Crippen molar-refractivity contribution in [2.24, 2.45) is 4.99 Å². The number of thiophene rings is 1. The zero-order chi connectivity index (χ0) is 11.4. The van der Waals surface area contributed by atoms with E-state index in [4.69, 9.17) is 0 Å². The third-order valence-electron chi connectivity index (χ3n) is 1.85. The van der Waals surface area contributed by atoms with Crippen LogP contribution in [0.3, 0.4) is 0 Å². The maximum atomic E-state index is 11.3. The number of nitrogens with zero attached hydrogens (tertiary/aromatic N) is 1. The summed E-state index contributed by atoms with van der Waals surface area (Å²) in [5.74, 6) is -0.193. The van der Waals surface area contributed by atoms with Crippen LogP contribution in [-0.2, 0) is 9.53 Å². The normalized spacial score (nSPS) is 9.87. The van der Waals surface area contributed by atoms with Crippen LogP contribution in [0.25, 0.3) is 0 Å². The summed E-state index contributed by atoms with van der Waals surface area (Å²) >= 11 is 1.31. The molecular weight excluding hydrogens is 214 g/mol. The number of hydrogen-bond acceptors (Lipinski definition) is 5. The van der Waals surface area contributed by atoms with Crippen LogP contribution in [0.4, 0.5) is 5.00 Å². The predicted octanol–water partition coefficient (Wildman–Crippen LogP) is 2.63. The Morgan fingerprint density at radius 2 is 2.27 bits per heavy atom. The molecule has 1 aromatic heterocycles. The highest BCUT2D eigenvalue weighted by atomic mass is 32.1. The van der Waals surface area contributed by atoms with Crippen LogP contribution in [0.2, 0.25) is 0 Å². The van der Waals surface area contributed by atoms with E-state index in [-0.39, 0.29) is 5.92 Å². The van der Waals surface area contributed by atoms with Crippen LogP contribution >= 0.6 is 11.3 Å². The van der Waals surface area contributed by atoms with Crippen molar-refractivity contribution in [2.75, 3.05) is 7.11 Å². The summed E-state index contributed by atoms with van der Waals surface area (Å²) in [5, 5.41) is 0.362. The van der Waals surface area contributed by atoms with Gasteiger partial charge in [-0.3, -0.25) is 0 Å². The highest BCUT2D eigenvalue weighted by Gasteiger charge is 2.17. The number of hydrogen-bond donors (Lipinski definition) is 0. The van der Waals surface area contributed by atoms with Crippen molar-refractivity contribution >= 4 is 28.4 Å². The van der Waals surface area contributed by atoms with Gasteiger partial charge in [0.1, 0.15) is 5.00 Å². The molecule has 0 spiro atoms. The monoisotopic (exact) mass is 225 g/mol. The first kappa shape index (κ1) is 11.6. The number of carbonyl (C=O) groups is 1. The molecule has 0 atom stereocenters. The fraction of sp³-hybridized carbons (Fsp3) is 0.400. The van der Waals surface area contributed by atoms with Crippen molar-refractivity contribution in [1.82, 2.24) is 0 Å². The quantitative estimate of drug-likeness (QED) is 0.451. The van der Waals surface area contributed by atoms with E-state index in [1.165, 1.54) is 24.5 Å². The second-order valence-electron chi connectivity index (χ2n) is 3.22. The Morgan fingerprint density at radius 1 is 1.60 bits per heavy atom. The van der Waals surface area contributed by atoms with Gasteiger partial charge in [0.2, 0.25) is 6.08 Å². The summed E-state index contributed by atoms with van der Waals surface area (Å²) in [7, 11) is 1.30. The molecule has 1 heterocycles. The van der Waals surface area contributed by atoms with Gasteiger partial charge in [0.15, 0.2) is 0 Å². The second kappa shape index (κ2) is 4.87. The Labute approximate surface area is 91.6 Å². The third-order valence-corrected chi connectivity index (χ3v) is 3.18. The maximum Gasteiger partial charge on any atom is 0.340 e. The molecular formula is C10H11NO3S. The lowest BCUT2D eigenvalue weighted by Crippen LogP contribution is -1.99. The minimum atomic E-state index is -0.479. The number of esters is 1. The molecule has 80 valence electrons. The van der Waals surface area contributed by atoms with Crippen molar-refractivity contribution in [3.05, 3.63) is 16.5 Å². The Bertz CT molecular complexity index is 416. The number of isocyanates is 1. The summed E-state index contributed by atoms with van der Waals surface area (Å²) < 4.78 is 4.59. The summed E-state index contributed by atoms with van der Waals surface area (Å²) in [4.78, 5) is 26.0. The molecule has 0 saturated carbocycles. The van der Waals surface area contributed by atoms with Crippen LogP contribution in [0.5, 0.6) is 0 Å². The molecule has 4 nitrogen and oxygen atoms in total. The van der Waals surface area contributed by atoms with Crippen LogP contribution in [0.15, 0.2) is 11.1 Å². The standard InChI is InChI=1S/C10H11NO3S/c1-6(2)8-4-7(10(13)14-3)9(15-8)11-5-12/h4,6H,1-3H3. The molecule has 0 amide bonds. The van der Waals surface area contributed by atoms with Gasteiger partial charge in [-0.15, -0.1) is 11.3 Å². The molecule has 0 saturated heterocycles. The summed E-state index contributed by atoms with van der Waals surface area (Å²) in [5.41, 5.74) is 0.328. The van der Waals surface area contributed by atoms with Gasteiger partial charge in [-0.05, 0) is 12.0 Å². The Morgan fingerprint density at radius 3 is 2.73 bits per heavy atom. The van der Waals surface area contributed by atoms with Crippen molar-refractivity contribution < 1.29 is 14.3 Å². The van der Waals surface area contributed by atoms with Crippen molar-refractivity contribution in [3.63, 3.8) is 0 Å². The Kier molecular flexibility index (Phi) is 3.77. The minimum absolute atomic E-state index is 0.286. The van der Waals surface area contributed by atoms with Gasteiger partial charge in [0.25, 0.3) is 0 Å². The highest BCUT2D eigenvalue weighted by molar-refractivity contribution is 7.16. The van der Waals surface area contributed by atoms with E-state index in [9.17, 15) is 9.59 Å². The number of carbonyl (C=O) groups excluding carboxylic acids is 2. The Balaban J connectivity index is 3.22. The van der Waals surface area contributed by atoms with Gasteiger partial charge in [-0.2, -0.15) is 4.99 Å². The molecule has 0 aromatic carbocycles. The summed E-state index contributed by atoms with van der Waals surface area (Å²) in [6.07, 6.45) is 1.43. The van der Waals surface area contributed by atoms with Crippen molar-refractivity contribution in [2.45, 2.75) is 19.8 Å². The molecule has 0 fully saturated rings. The molecule has 0 aliphatic heterocycles. The number of ether oxygens (including phenoxy) is 1. The SMILES string of the molecule is COC(=O)c1cc(C(C)C)sc1N=C=O. The zero-order valence-corrected chi connectivity index (χ0v) is 9.55.